The molecule has 0 bridgehead atoms. The first-order valence-corrected chi connectivity index (χ1v) is 6.06. The molecule has 0 aliphatic heterocycles. The molecule has 1 rings (SSSR count). The highest BCUT2D eigenvalue weighted by molar-refractivity contribution is 6.17. The van der Waals surface area contributed by atoms with Crippen molar-refractivity contribution in [2.75, 3.05) is 13.0 Å². The van der Waals surface area contributed by atoms with Gasteiger partial charge in [0.2, 0.25) is 0 Å². The molecule has 0 N–H and O–H groups in total. The van der Waals surface area contributed by atoms with Crippen molar-refractivity contribution >= 4 is 11.6 Å². The number of methoxy groups -OCH3 is 1. The van der Waals surface area contributed by atoms with Gasteiger partial charge in [-0.15, -0.1) is 11.6 Å². The van der Waals surface area contributed by atoms with E-state index in [0.29, 0.717) is 5.88 Å². The Hall–Kier alpha value is -0.950. The van der Waals surface area contributed by atoms with E-state index in [1.165, 1.54) is 16.7 Å². The number of halogens is 1. The number of alkyl halides is 1. The van der Waals surface area contributed by atoms with Crippen molar-refractivity contribution in [2.24, 2.45) is 0 Å². The smallest absolute Gasteiger partial charge is 0.122 e. The molecule has 16 heavy (non-hydrogen) atoms. The standard InChI is InChI=1S/C14H19ClO/c1-11(5-4-8-15)9-13-10-12(2)6-7-14(13)16-3/h5-7,10H,4,8-9H2,1-3H3. The summed E-state index contributed by atoms with van der Waals surface area (Å²) >= 11 is 5.66. The number of benzene rings is 1. The van der Waals surface area contributed by atoms with Gasteiger partial charge in [0.25, 0.3) is 0 Å². The number of allylic oxidation sites excluding steroid dienone is 2. The first-order chi connectivity index (χ1) is 7.67. The molecule has 0 unspecified atom stereocenters. The summed E-state index contributed by atoms with van der Waals surface area (Å²) in [6, 6.07) is 6.27. The first kappa shape index (κ1) is 13.1. The molecule has 2 heteroatoms. The summed E-state index contributed by atoms with van der Waals surface area (Å²) in [5, 5.41) is 0. The molecule has 0 radical (unpaired) electrons. The van der Waals surface area contributed by atoms with Crippen molar-refractivity contribution in [3.05, 3.63) is 41.0 Å². The lowest BCUT2D eigenvalue weighted by molar-refractivity contribution is 0.410. The second-order valence-electron chi connectivity index (χ2n) is 4.02. The average Bonchev–Trinajstić information content (AvgIpc) is 2.27. The largest absolute Gasteiger partial charge is 0.496 e. The Bertz CT molecular complexity index is 369. The third kappa shape index (κ3) is 3.90. The molecule has 0 saturated carbocycles. The van der Waals surface area contributed by atoms with Crippen LogP contribution in [-0.2, 0) is 6.42 Å². The molecule has 0 fully saturated rings. The SMILES string of the molecule is COc1ccc(C)cc1CC(C)=CCCCl. The van der Waals surface area contributed by atoms with Gasteiger partial charge in [-0.3, -0.25) is 0 Å². The predicted molar refractivity (Wildman–Crippen MR) is 70.5 cm³/mol. The van der Waals surface area contributed by atoms with Gasteiger partial charge in [-0.25, -0.2) is 0 Å². The summed E-state index contributed by atoms with van der Waals surface area (Å²) in [5.74, 6) is 1.65. The van der Waals surface area contributed by atoms with Crippen LogP contribution < -0.4 is 4.74 Å². The van der Waals surface area contributed by atoms with Crippen LogP contribution in [0.1, 0.15) is 24.5 Å². The number of rotatable bonds is 5. The minimum absolute atomic E-state index is 0.683. The lowest BCUT2D eigenvalue weighted by Gasteiger charge is -2.09. The second kappa shape index (κ2) is 6.59. The average molecular weight is 239 g/mol. The highest BCUT2D eigenvalue weighted by Crippen LogP contribution is 2.22. The monoisotopic (exact) mass is 238 g/mol. The Morgan fingerprint density at radius 3 is 2.81 bits per heavy atom. The van der Waals surface area contributed by atoms with Crippen molar-refractivity contribution in [1.29, 1.82) is 0 Å². The lowest BCUT2D eigenvalue weighted by atomic mass is 10.0. The van der Waals surface area contributed by atoms with Gasteiger partial charge >= 0.3 is 0 Å². The zero-order valence-electron chi connectivity index (χ0n) is 10.2. The quantitative estimate of drug-likeness (QED) is 0.554. The minimum Gasteiger partial charge on any atom is -0.496 e. The van der Waals surface area contributed by atoms with Crippen molar-refractivity contribution in [3.8, 4) is 5.75 Å². The van der Waals surface area contributed by atoms with E-state index in [1.54, 1.807) is 7.11 Å². The van der Waals surface area contributed by atoms with Crippen LogP contribution in [0.5, 0.6) is 5.75 Å². The van der Waals surface area contributed by atoms with E-state index in [0.717, 1.165) is 18.6 Å². The van der Waals surface area contributed by atoms with Crippen molar-refractivity contribution in [2.45, 2.75) is 26.7 Å². The molecule has 0 aromatic heterocycles. The maximum absolute atomic E-state index is 5.66. The second-order valence-corrected chi connectivity index (χ2v) is 4.40. The van der Waals surface area contributed by atoms with E-state index in [1.807, 2.05) is 6.07 Å². The topological polar surface area (TPSA) is 9.23 Å². The summed E-state index contributed by atoms with van der Waals surface area (Å²) in [6.07, 6.45) is 4.05. The molecule has 0 atom stereocenters. The molecule has 1 nitrogen and oxygen atoms in total. The molecule has 0 amide bonds. The van der Waals surface area contributed by atoms with Gasteiger partial charge in [-0.05, 0) is 38.3 Å². The Morgan fingerprint density at radius 2 is 2.19 bits per heavy atom. The van der Waals surface area contributed by atoms with Crippen molar-refractivity contribution in [1.82, 2.24) is 0 Å². The molecule has 0 aliphatic carbocycles. The molecular formula is C14H19ClO. The Balaban J connectivity index is 2.82. The van der Waals surface area contributed by atoms with Crippen LogP contribution in [0.4, 0.5) is 0 Å². The summed E-state index contributed by atoms with van der Waals surface area (Å²) in [7, 11) is 1.71. The Morgan fingerprint density at radius 1 is 1.44 bits per heavy atom. The number of ether oxygens (including phenoxy) is 1. The zero-order valence-corrected chi connectivity index (χ0v) is 11.0. The summed E-state index contributed by atoms with van der Waals surface area (Å²) < 4.78 is 5.35. The molecule has 0 aliphatic rings. The van der Waals surface area contributed by atoms with E-state index in [4.69, 9.17) is 16.3 Å². The predicted octanol–water partition coefficient (Wildman–Crippen LogP) is 4.12. The van der Waals surface area contributed by atoms with Gasteiger partial charge in [0.05, 0.1) is 7.11 Å². The molecular weight excluding hydrogens is 220 g/mol. The summed E-state index contributed by atoms with van der Waals surface area (Å²) in [5.41, 5.74) is 3.84. The third-order valence-electron chi connectivity index (χ3n) is 2.51. The van der Waals surface area contributed by atoms with Crippen LogP contribution in [-0.4, -0.2) is 13.0 Å². The normalized spacial score (nSPS) is 11.6. The lowest BCUT2D eigenvalue weighted by Crippen LogP contribution is -1.94. The Labute approximate surface area is 103 Å². The molecule has 88 valence electrons. The van der Waals surface area contributed by atoms with E-state index in [-0.39, 0.29) is 0 Å². The third-order valence-corrected chi connectivity index (χ3v) is 2.73. The minimum atomic E-state index is 0.683. The van der Waals surface area contributed by atoms with Crippen molar-refractivity contribution < 1.29 is 4.74 Å². The van der Waals surface area contributed by atoms with Crippen molar-refractivity contribution in [3.63, 3.8) is 0 Å². The number of hydrogen-bond donors (Lipinski definition) is 0. The van der Waals surface area contributed by atoms with Gasteiger partial charge in [-0.2, -0.15) is 0 Å². The van der Waals surface area contributed by atoms with Crippen LogP contribution in [0.2, 0.25) is 0 Å². The maximum Gasteiger partial charge on any atom is 0.122 e. The van der Waals surface area contributed by atoms with Gasteiger partial charge in [0.1, 0.15) is 5.75 Å². The number of hydrogen-bond acceptors (Lipinski definition) is 1. The van der Waals surface area contributed by atoms with Gasteiger partial charge in [0.15, 0.2) is 0 Å². The molecule has 0 spiro atoms. The fraction of sp³-hybridized carbons (Fsp3) is 0.429. The van der Waals surface area contributed by atoms with Crippen LogP contribution >= 0.6 is 11.6 Å². The van der Waals surface area contributed by atoms with Gasteiger partial charge in [0, 0.05) is 5.88 Å². The van der Waals surface area contributed by atoms with Crippen LogP contribution in [0.3, 0.4) is 0 Å². The molecule has 1 aromatic carbocycles. The fourth-order valence-corrected chi connectivity index (χ4v) is 1.83. The van der Waals surface area contributed by atoms with E-state index in [9.17, 15) is 0 Å². The fourth-order valence-electron chi connectivity index (χ4n) is 1.72. The molecule has 1 aromatic rings. The van der Waals surface area contributed by atoms with Crippen LogP contribution in [0.25, 0.3) is 0 Å². The van der Waals surface area contributed by atoms with E-state index in [2.05, 4.69) is 32.1 Å². The van der Waals surface area contributed by atoms with Gasteiger partial charge in [-0.1, -0.05) is 29.3 Å². The maximum atomic E-state index is 5.66. The van der Waals surface area contributed by atoms with E-state index >= 15 is 0 Å². The Kier molecular flexibility index (Phi) is 5.41. The van der Waals surface area contributed by atoms with Crippen LogP contribution in [0, 0.1) is 6.92 Å². The summed E-state index contributed by atoms with van der Waals surface area (Å²) in [6.45, 7) is 4.23. The zero-order chi connectivity index (χ0) is 12.0. The van der Waals surface area contributed by atoms with Crippen LogP contribution in [0.15, 0.2) is 29.8 Å². The highest BCUT2D eigenvalue weighted by Gasteiger charge is 2.03. The highest BCUT2D eigenvalue weighted by atomic mass is 35.5. The van der Waals surface area contributed by atoms with Gasteiger partial charge < -0.3 is 4.74 Å². The number of aryl methyl sites for hydroxylation is 1. The first-order valence-electron chi connectivity index (χ1n) is 5.52. The molecule has 0 heterocycles. The molecule has 0 saturated heterocycles. The van der Waals surface area contributed by atoms with E-state index < -0.39 is 0 Å². The summed E-state index contributed by atoms with van der Waals surface area (Å²) in [4.78, 5) is 0.